The molecule has 0 aliphatic heterocycles. The average Bonchev–Trinajstić information content (AvgIpc) is 2.64. The van der Waals surface area contributed by atoms with Crippen LogP contribution < -0.4 is 0 Å². The van der Waals surface area contributed by atoms with Crippen molar-refractivity contribution in [1.82, 2.24) is 9.88 Å². The number of ether oxygens (including phenoxy) is 1. The van der Waals surface area contributed by atoms with Gasteiger partial charge in [-0.15, -0.1) is 6.58 Å². The number of rotatable bonds is 8. The lowest BCUT2D eigenvalue weighted by Crippen LogP contribution is -2.28. The number of carbonyl (C=O) groups excluding carboxylic acids is 1. The SMILES string of the molecule is C=CCCN(COC(=O)c1ccc(C(F)(F)F)nc1)Cc1ccccc1. The number of halogens is 3. The molecule has 1 heterocycles. The highest BCUT2D eigenvalue weighted by Gasteiger charge is 2.32. The Morgan fingerprint density at radius 3 is 2.50 bits per heavy atom. The fraction of sp³-hybridized carbons (Fsp3) is 0.263. The van der Waals surface area contributed by atoms with E-state index < -0.39 is 17.8 Å². The van der Waals surface area contributed by atoms with Gasteiger partial charge in [0, 0.05) is 19.3 Å². The quantitative estimate of drug-likeness (QED) is 0.398. The summed E-state index contributed by atoms with van der Waals surface area (Å²) in [6, 6.07) is 11.5. The topological polar surface area (TPSA) is 42.4 Å². The van der Waals surface area contributed by atoms with Crippen molar-refractivity contribution < 1.29 is 22.7 Å². The second kappa shape index (κ2) is 9.15. The second-order valence-corrected chi connectivity index (χ2v) is 5.61. The van der Waals surface area contributed by atoms with Crippen molar-refractivity contribution >= 4 is 5.97 Å². The number of aromatic nitrogens is 1. The summed E-state index contributed by atoms with van der Waals surface area (Å²) < 4.78 is 42.7. The molecule has 0 saturated carbocycles. The van der Waals surface area contributed by atoms with Gasteiger partial charge in [0.2, 0.25) is 0 Å². The van der Waals surface area contributed by atoms with E-state index >= 15 is 0 Å². The van der Waals surface area contributed by atoms with Crippen LogP contribution in [0.25, 0.3) is 0 Å². The fourth-order valence-electron chi connectivity index (χ4n) is 2.22. The smallest absolute Gasteiger partial charge is 0.433 e. The van der Waals surface area contributed by atoms with Crippen molar-refractivity contribution in [3.63, 3.8) is 0 Å². The van der Waals surface area contributed by atoms with E-state index in [0.29, 0.717) is 19.5 Å². The van der Waals surface area contributed by atoms with Crippen LogP contribution in [0.5, 0.6) is 0 Å². The number of esters is 1. The Kier molecular flexibility index (Phi) is 6.91. The first-order valence-corrected chi connectivity index (χ1v) is 7.97. The van der Waals surface area contributed by atoms with Crippen LogP contribution in [-0.2, 0) is 17.5 Å². The molecule has 0 radical (unpaired) electrons. The van der Waals surface area contributed by atoms with Crippen LogP contribution in [0.2, 0.25) is 0 Å². The summed E-state index contributed by atoms with van der Waals surface area (Å²) in [6.45, 7) is 4.90. The third-order valence-corrected chi connectivity index (χ3v) is 3.57. The van der Waals surface area contributed by atoms with E-state index in [-0.39, 0.29) is 12.3 Å². The van der Waals surface area contributed by atoms with E-state index in [1.807, 2.05) is 35.2 Å². The molecule has 0 amide bonds. The number of pyridine rings is 1. The predicted octanol–water partition coefficient (Wildman–Crippen LogP) is 4.29. The molecule has 138 valence electrons. The number of nitrogens with zero attached hydrogens (tertiary/aromatic N) is 2. The first-order chi connectivity index (χ1) is 12.4. The van der Waals surface area contributed by atoms with Gasteiger partial charge in [0.25, 0.3) is 0 Å². The molecule has 0 atom stereocenters. The summed E-state index contributed by atoms with van der Waals surface area (Å²) in [5.74, 6) is -0.720. The Labute approximate surface area is 149 Å². The van der Waals surface area contributed by atoms with Crippen LogP contribution >= 0.6 is 0 Å². The molecule has 0 spiro atoms. The highest BCUT2D eigenvalue weighted by atomic mass is 19.4. The highest BCUT2D eigenvalue weighted by Crippen LogP contribution is 2.27. The number of hydrogen-bond donors (Lipinski definition) is 0. The Bertz CT molecular complexity index is 716. The molecule has 7 heteroatoms. The Hall–Kier alpha value is -2.67. The van der Waals surface area contributed by atoms with E-state index in [0.717, 1.165) is 23.9 Å². The molecule has 2 rings (SSSR count). The van der Waals surface area contributed by atoms with Crippen molar-refractivity contribution in [2.45, 2.75) is 19.1 Å². The third-order valence-electron chi connectivity index (χ3n) is 3.57. The van der Waals surface area contributed by atoms with Crippen LogP contribution in [0.4, 0.5) is 13.2 Å². The molecule has 26 heavy (non-hydrogen) atoms. The molecule has 2 aromatic rings. The number of carbonyl (C=O) groups is 1. The van der Waals surface area contributed by atoms with Gasteiger partial charge in [-0.05, 0) is 24.1 Å². The summed E-state index contributed by atoms with van der Waals surface area (Å²) >= 11 is 0. The molecule has 0 aliphatic carbocycles. The zero-order chi connectivity index (χ0) is 19.0. The summed E-state index contributed by atoms with van der Waals surface area (Å²) in [4.78, 5) is 17.2. The van der Waals surface area contributed by atoms with Crippen LogP contribution in [0.15, 0.2) is 61.3 Å². The molecule has 0 fully saturated rings. The van der Waals surface area contributed by atoms with E-state index in [4.69, 9.17) is 4.74 Å². The van der Waals surface area contributed by atoms with Crippen LogP contribution in [-0.4, -0.2) is 29.1 Å². The summed E-state index contributed by atoms with van der Waals surface area (Å²) in [6.07, 6.45) is -1.19. The van der Waals surface area contributed by atoms with Gasteiger partial charge in [-0.2, -0.15) is 13.2 Å². The van der Waals surface area contributed by atoms with Gasteiger partial charge in [-0.1, -0.05) is 36.4 Å². The van der Waals surface area contributed by atoms with Crippen molar-refractivity contribution in [3.8, 4) is 0 Å². The second-order valence-electron chi connectivity index (χ2n) is 5.61. The molecule has 1 aromatic heterocycles. The molecular formula is C19H19F3N2O2. The Morgan fingerprint density at radius 2 is 1.92 bits per heavy atom. The van der Waals surface area contributed by atoms with Crippen LogP contribution in [0.1, 0.15) is 28.0 Å². The largest absolute Gasteiger partial charge is 0.446 e. The van der Waals surface area contributed by atoms with Gasteiger partial charge < -0.3 is 4.74 Å². The molecule has 0 aliphatic rings. The Morgan fingerprint density at radius 1 is 1.19 bits per heavy atom. The first-order valence-electron chi connectivity index (χ1n) is 7.97. The number of benzene rings is 1. The van der Waals surface area contributed by atoms with E-state index in [2.05, 4.69) is 11.6 Å². The normalized spacial score (nSPS) is 11.4. The summed E-state index contributed by atoms with van der Waals surface area (Å²) in [5, 5.41) is 0. The van der Waals surface area contributed by atoms with Gasteiger partial charge in [-0.25, -0.2) is 4.79 Å². The van der Waals surface area contributed by atoms with Crippen molar-refractivity contribution in [1.29, 1.82) is 0 Å². The maximum Gasteiger partial charge on any atom is 0.433 e. The molecule has 0 saturated heterocycles. The van der Waals surface area contributed by atoms with Gasteiger partial charge in [0.1, 0.15) is 12.4 Å². The zero-order valence-electron chi connectivity index (χ0n) is 14.1. The monoisotopic (exact) mass is 364 g/mol. The zero-order valence-corrected chi connectivity index (χ0v) is 14.1. The molecular weight excluding hydrogens is 345 g/mol. The predicted molar refractivity (Wildman–Crippen MR) is 91.2 cm³/mol. The van der Waals surface area contributed by atoms with E-state index in [9.17, 15) is 18.0 Å². The lowest BCUT2D eigenvalue weighted by Gasteiger charge is -2.21. The maximum atomic E-state index is 12.5. The molecule has 4 nitrogen and oxygen atoms in total. The minimum absolute atomic E-state index is 0.0165. The number of hydrogen-bond acceptors (Lipinski definition) is 4. The average molecular weight is 364 g/mol. The van der Waals surface area contributed by atoms with E-state index in [1.165, 1.54) is 0 Å². The van der Waals surface area contributed by atoms with Gasteiger partial charge in [0.15, 0.2) is 0 Å². The summed E-state index contributed by atoms with van der Waals surface area (Å²) in [5.41, 5.74) is -0.0177. The van der Waals surface area contributed by atoms with Crippen molar-refractivity contribution in [2.24, 2.45) is 0 Å². The lowest BCUT2D eigenvalue weighted by molar-refractivity contribution is -0.141. The van der Waals surface area contributed by atoms with Crippen molar-refractivity contribution in [3.05, 3.63) is 78.1 Å². The summed E-state index contributed by atoms with van der Waals surface area (Å²) in [7, 11) is 0. The standard InChI is InChI=1S/C19H19F3N2O2/c1-2-3-11-24(13-15-7-5-4-6-8-15)14-26-18(25)16-9-10-17(23-12-16)19(20,21)22/h2,4-10,12H,1,3,11,13-14H2. The molecule has 0 bridgehead atoms. The van der Waals surface area contributed by atoms with Crippen molar-refractivity contribution in [2.75, 3.05) is 13.3 Å². The minimum Gasteiger partial charge on any atom is -0.446 e. The minimum atomic E-state index is -4.54. The molecule has 0 N–H and O–H groups in total. The third kappa shape index (κ3) is 6.00. The molecule has 1 aromatic carbocycles. The van der Waals surface area contributed by atoms with Crippen LogP contribution in [0.3, 0.4) is 0 Å². The highest BCUT2D eigenvalue weighted by molar-refractivity contribution is 5.88. The number of alkyl halides is 3. The van der Waals surface area contributed by atoms with Crippen LogP contribution in [0, 0.1) is 0 Å². The van der Waals surface area contributed by atoms with Gasteiger partial charge in [0.05, 0.1) is 5.56 Å². The Balaban J connectivity index is 1.96. The fourth-order valence-corrected chi connectivity index (χ4v) is 2.22. The first kappa shape index (κ1) is 19.7. The van der Waals surface area contributed by atoms with E-state index in [1.54, 1.807) is 6.08 Å². The molecule has 0 unspecified atom stereocenters. The van der Waals surface area contributed by atoms with Gasteiger partial charge >= 0.3 is 12.1 Å². The van der Waals surface area contributed by atoms with Gasteiger partial charge in [-0.3, -0.25) is 9.88 Å². The lowest BCUT2D eigenvalue weighted by atomic mass is 10.2. The maximum absolute atomic E-state index is 12.5.